The lowest BCUT2D eigenvalue weighted by Crippen LogP contribution is -2.37. The molecule has 3 rings (SSSR count). The highest BCUT2D eigenvalue weighted by atomic mass is 32.2. The largest absolute Gasteiger partial charge is 0.316 e. The SMILES string of the molecule is CCNS(=O)(=O)c1ccc2c(c1)N(C(=O)C(N)c1ccc(C)cc1)CC2. The Kier molecular flexibility index (Phi) is 5.13. The summed E-state index contributed by atoms with van der Waals surface area (Å²) in [6.07, 6.45) is 0.684. The number of rotatable bonds is 5. The van der Waals surface area contributed by atoms with Crippen molar-refractivity contribution in [1.82, 2.24) is 4.72 Å². The Hall–Kier alpha value is -2.22. The van der Waals surface area contributed by atoms with Gasteiger partial charge in [0.2, 0.25) is 15.9 Å². The molecule has 7 heteroatoms. The second-order valence-corrected chi connectivity index (χ2v) is 8.19. The molecule has 0 fully saturated rings. The summed E-state index contributed by atoms with van der Waals surface area (Å²) in [5, 5.41) is 0. The molecule has 1 amide bonds. The molecule has 0 bridgehead atoms. The van der Waals surface area contributed by atoms with Gasteiger partial charge in [-0.15, -0.1) is 0 Å². The molecule has 1 atom stereocenters. The van der Waals surface area contributed by atoms with Crippen LogP contribution in [0.1, 0.15) is 29.7 Å². The number of fused-ring (bicyclic) bond motifs is 1. The molecule has 2 aromatic rings. The van der Waals surface area contributed by atoms with E-state index in [1.54, 1.807) is 30.0 Å². The maximum atomic E-state index is 12.9. The lowest BCUT2D eigenvalue weighted by molar-refractivity contribution is -0.119. The van der Waals surface area contributed by atoms with E-state index < -0.39 is 16.1 Å². The molecule has 1 aliphatic rings. The number of carbonyl (C=O) groups is 1. The average Bonchev–Trinajstić information content (AvgIpc) is 3.04. The van der Waals surface area contributed by atoms with Gasteiger partial charge in [-0.1, -0.05) is 42.8 Å². The number of benzene rings is 2. The van der Waals surface area contributed by atoms with Crippen molar-refractivity contribution in [3.8, 4) is 0 Å². The van der Waals surface area contributed by atoms with Gasteiger partial charge in [0.05, 0.1) is 4.90 Å². The van der Waals surface area contributed by atoms with Gasteiger partial charge in [-0.05, 0) is 36.6 Å². The van der Waals surface area contributed by atoms with E-state index in [4.69, 9.17) is 5.73 Å². The minimum Gasteiger partial charge on any atom is -0.316 e. The number of nitrogens with one attached hydrogen (secondary N) is 1. The number of amides is 1. The van der Waals surface area contributed by atoms with Crippen molar-refractivity contribution < 1.29 is 13.2 Å². The quantitative estimate of drug-likeness (QED) is 0.837. The maximum absolute atomic E-state index is 12.9. The van der Waals surface area contributed by atoms with Crippen LogP contribution < -0.4 is 15.4 Å². The van der Waals surface area contributed by atoms with Crippen LogP contribution in [0.4, 0.5) is 5.69 Å². The molecule has 0 aliphatic carbocycles. The fourth-order valence-corrected chi connectivity index (χ4v) is 4.17. The van der Waals surface area contributed by atoms with Crippen LogP contribution in [0.15, 0.2) is 47.4 Å². The molecule has 3 N–H and O–H groups in total. The highest BCUT2D eigenvalue weighted by Gasteiger charge is 2.30. The van der Waals surface area contributed by atoms with Crippen LogP contribution in [-0.2, 0) is 21.2 Å². The fraction of sp³-hybridized carbons (Fsp3) is 0.316. The molecule has 2 aromatic carbocycles. The Balaban J connectivity index is 1.90. The van der Waals surface area contributed by atoms with Gasteiger partial charge in [0.1, 0.15) is 6.04 Å². The number of sulfonamides is 1. The summed E-state index contributed by atoms with van der Waals surface area (Å²) >= 11 is 0. The first-order valence-corrected chi connectivity index (χ1v) is 10.1. The molecule has 6 nitrogen and oxygen atoms in total. The van der Waals surface area contributed by atoms with Crippen LogP contribution in [0.25, 0.3) is 0 Å². The summed E-state index contributed by atoms with van der Waals surface area (Å²) < 4.78 is 27.0. The Labute approximate surface area is 154 Å². The maximum Gasteiger partial charge on any atom is 0.248 e. The summed E-state index contributed by atoms with van der Waals surface area (Å²) in [5.41, 5.74) is 9.58. The standard InChI is InChI=1S/C19H23N3O3S/c1-3-21-26(24,25)16-9-8-14-10-11-22(17(14)12-16)19(23)18(20)15-6-4-13(2)5-7-15/h4-9,12,18,21H,3,10-11,20H2,1-2H3. The van der Waals surface area contributed by atoms with Crippen molar-refractivity contribution in [2.24, 2.45) is 5.73 Å². The van der Waals surface area contributed by atoms with Gasteiger partial charge in [0.25, 0.3) is 0 Å². The predicted octanol–water partition coefficient (Wildman–Crippen LogP) is 1.88. The second-order valence-electron chi connectivity index (χ2n) is 6.42. The first kappa shape index (κ1) is 18.6. The van der Waals surface area contributed by atoms with E-state index in [2.05, 4.69) is 4.72 Å². The number of aryl methyl sites for hydroxylation is 1. The smallest absolute Gasteiger partial charge is 0.248 e. The zero-order chi connectivity index (χ0) is 18.9. The Morgan fingerprint density at radius 2 is 1.92 bits per heavy atom. The number of anilines is 1. The zero-order valence-corrected chi connectivity index (χ0v) is 15.7. The lowest BCUT2D eigenvalue weighted by atomic mass is 10.0. The van der Waals surface area contributed by atoms with Crippen molar-refractivity contribution >= 4 is 21.6 Å². The highest BCUT2D eigenvalue weighted by Crippen LogP contribution is 2.32. The zero-order valence-electron chi connectivity index (χ0n) is 14.9. The average molecular weight is 373 g/mol. The molecule has 1 heterocycles. The van der Waals surface area contributed by atoms with Gasteiger partial charge in [-0.25, -0.2) is 13.1 Å². The molecule has 0 spiro atoms. The van der Waals surface area contributed by atoms with Gasteiger partial charge in [-0.3, -0.25) is 4.79 Å². The number of carbonyl (C=O) groups excluding carboxylic acids is 1. The normalized spacial score (nSPS) is 15.0. The van der Waals surface area contributed by atoms with Gasteiger partial charge in [-0.2, -0.15) is 0 Å². The second kappa shape index (κ2) is 7.19. The highest BCUT2D eigenvalue weighted by molar-refractivity contribution is 7.89. The van der Waals surface area contributed by atoms with Crippen LogP contribution >= 0.6 is 0 Å². The van der Waals surface area contributed by atoms with Crippen LogP contribution in [0, 0.1) is 6.92 Å². The van der Waals surface area contributed by atoms with E-state index in [-0.39, 0.29) is 10.8 Å². The van der Waals surface area contributed by atoms with Gasteiger partial charge < -0.3 is 10.6 Å². The molecule has 0 aromatic heterocycles. The molecule has 0 saturated heterocycles. The van der Waals surface area contributed by atoms with E-state index in [9.17, 15) is 13.2 Å². The summed E-state index contributed by atoms with van der Waals surface area (Å²) in [6.45, 7) is 4.50. The summed E-state index contributed by atoms with van der Waals surface area (Å²) in [6, 6.07) is 11.6. The molecule has 1 aliphatic heterocycles. The van der Waals surface area contributed by atoms with Crippen molar-refractivity contribution in [3.63, 3.8) is 0 Å². The summed E-state index contributed by atoms with van der Waals surface area (Å²) in [5.74, 6) is -0.231. The van der Waals surface area contributed by atoms with E-state index in [0.717, 1.165) is 16.7 Å². The number of hydrogen-bond donors (Lipinski definition) is 2. The molecule has 26 heavy (non-hydrogen) atoms. The molecule has 0 saturated carbocycles. The van der Waals surface area contributed by atoms with E-state index in [1.165, 1.54) is 0 Å². The third-order valence-corrected chi connectivity index (χ3v) is 6.11. The minimum atomic E-state index is -3.58. The first-order valence-electron chi connectivity index (χ1n) is 8.59. The third-order valence-electron chi connectivity index (χ3n) is 4.57. The lowest BCUT2D eigenvalue weighted by Gasteiger charge is -2.22. The minimum absolute atomic E-state index is 0.154. The third kappa shape index (κ3) is 3.51. The van der Waals surface area contributed by atoms with Crippen molar-refractivity contribution in [2.75, 3.05) is 18.0 Å². The molecular formula is C19H23N3O3S. The Morgan fingerprint density at radius 1 is 1.23 bits per heavy atom. The topological polar surface area (TPSA) is 92.5 Å². The van der Waals surface area contributed by atoms with Gasteiger partial charge in [0.15, 0.2) is 0 Å². The van der Waals surface area contributed by atoms with Crippen LogP contribution in [0.2, 0.25) is 0 Å². The van der Waals surface area contributed by atoms with E-state index >= 15 is 0 Å². The molecule has 1 unspecified atom stereocenters. The number of nitrogens with zero attached hydrogens (tertiary/aromatic N) is 1. The van der Waals surface area contributed by atoms with E-state index in [0.29, 0.717) is 25.2 Å². The van der Waals surface area contributed by atoms with Crippen molar-refractivity contribution in [1.29, 1.82) is 0 Å². The Bertz CT molecular complexity index is 924. The van der Waals surface area contributed by atoms with Gasteiger partial charge >= 0.3 is 0 Å². The predicted molar refractivity (Wildman–Crippen MR) is 101 cm³/mol. The first-order chi connectivity index (χ1) is 12.3. The summed E-state index contributed by atoms with van der Waals surface area (Å²) in [7, 11) is -3.58. The number of nitrogens with two attached hydrogens (primary N) is 1. The summed E-state index contributed by atoms with van der Waals surface area (Å²) in [4.78, 5) is 14.7. The van der Waals surface area contributed by atoms with Crippen LogP contribution in [0.3, 0.4) is 0 Å². The molecule has 0 radical (unpaired) electrons. The molecular weight excluding hydrogens is 350 g/mol. The van der Waals surface area contributed by atoms with E-state index in [1.807, 2.05) is 31.2 Å². The fourth-order valence-electron chi connectivity index (χ4n) is 3.11. The molecule has 138 valence electrons. The number of hydrogen-bond acceptors (Lipinski definition) is 4. The van der Waals surface area contributed by atoms with Gasteiger partial charge in [0, 0.05) is 18.8 Å². The Morgan fingerprint density at radius 3 is 2.58 bits per heavy atom. The monoisotopic (exact) mass is 373 g/mol. The van der Waals surface area contributed by atoms with Crippen molar-refractivity contribution in [2.45, 2.75) is 31.2 Å². The van der Waals surface area contributed by atoms with Crippen molar-refractivity contribution in [3.05, 3.63) is 59.2 Å². The van der Waals surface area contributed by atoms with Crippen LogP contribution in [0.5, 0.6) is 0 Å². The van der Waals surface area contributed by atoms with Crippen LogP contribution in [-0.4, -0.2) is 27.4 Å².